The number of benzene rings is 2. The van der Waals surface area contributed by atoms with E-state index in [9.17, 15) is 14.4 Å². The second-order valence-corrected chi connectivity index (χ2v) is 7.05. The minimum absolute atomic E-state index is 0.155. The van der Waals surface area contributed by atoms with E-state index in [1.807, 2.05) is 48.5 Å². The zero-order chi connectivity index (χ0) is 21.1. The highest BCUT2D eigenvalue weighted by molar-refractivity contribution is 6.07. The van der Waals surface area contributed by atoms with Crippen LogP contribution >= 0.6 is 0 Å². The summed E-state index contributed by atoms with van der Waals surface area (Å²) >= 11 is 0. The van der Waals surface area contributed by atoms with Gasteiger partial charge in [-0.25, -0.2) is 0 Å². The van der Waals surface area contributed by atoms with Gasteiger partial charge in [0.05, 0.1) is 12.3 Å². The quantitative estimate of drug-likeness (QED) is 0.757. The van der Waals surface area contributed by atoms with Crippen LogP contribution in [-0.4, -0.2) is 49.9 Å². The van der Waals surface area contributed by atoms with Crippen LogP contribution in [0.25, 0.3) is 11.1 Å². The Hall–Kier alpha value is -3.19. The number of primary amides is 1. The number of hydrogen-bond donors (Lipinski definition) is 1. The Morgan fingerprint density at radius 3 is 2.41 bits per heavy atom. The van der Waals surface area contributed by atoms with Crippen LogP contribution in [0.1, 0.15) is 18.5 Å². The molecule has 2 unspecified atom stereocenters. The molecular formula is C22H25N3O4. The first-order chi connectivity index (χ1) is 13.9. The van der Waals surface area contributed by atoms with Crippen LogP contribution in [0.4, 0.5) is 5.69 Å². The lowest BCUT2D eigenvalue weighted by molar-refractivity contribution is -0.146. The Bertz CT molecular complexity index is 943. The molecular weight excluding hydrogens is 370 g/mol. The molecule has 152 valence electrons. The Kier molecular flexibility index (Phi) is 5.98. The minimum atomic E-state index is -1.05. The van der Waals surface area contributed by atoms with Crippen LogP contribution in [0.5, 0.6) is 0 Å². The predicted octanol–water partition coefficient (Wildman–Crippen LogP) is 1.97. The van der Waals surface area contributed by atoms with Crippen LogP contribution in [-0.2, 0) is 19.1 Å². The standard InChI is InChI=1S/C22H25N3O4/c1-14(20(23)26)21(27)25(12-13-29-3)19-17-10-5-4-8-15(17)16-9-6-7-11-18(16)24(2)22(19)28/h4-11,14,19H,12-13H2,1-3H3,(H2,23,26). The smallest absolute Gasteiger partial charge is 0.254 e. The van der Waals surface area contributed by atoms with Gasteiger partial charge in [0.15, 0.2) is 0 Å². The third-order valence-electron chi connectivity index (χ3n) is 5.30. The van der Waals surface area contributed by atoms with E-state index in [1.165, 1.54) is 18.9 Å². The largest absolute Gasteiger partial charge is 0.383 e. The number of para-hydroxylation sites is 1. The first kappa shape index (κ1) is 20.5. The Balaban J connectivity index is 2.19. The summed E-state index contributed by atoms with van der Waals surface area (Å²) in [5, 5.41) is 0. The highest BCUT2D eigenvalue weighted by atomic mass is 16.5. The van der Waals surface area contributed by atoms with Gasteiger partial charge >= 0.3 is 0 Å². The molecule has 7 nitrogen and oxygen atoms in total. The van der Waals surface area contributed by atoms with Gasteiger partial charge in [0.1, 0.15) is 12.0 Å². The molecule has 29 heavy (non-hydrogen) atoms. The first-order valence-electron chi connectivity index (χ1n) is 9.43. The highest BCUT2D eigenvalue weighted by Gasteiger charge is 2.40. The maximum Gasteiger partial charge on any atom is 0.254 e. The minimum Gasteiger partial charge on any atom is -0.383 e. The highest BCUT2D eigenvalue weighted by Crippen LogP contribution is 2.41. The van der Waals surface area contributed by atoms with E-state index in [1.54, 1.807) is 11.9 Å². The normalized spacial score (nSPS) is 16.4. The van der Waals surface area contributed by atoms with Crippen molar-refractivity contribution >= 4 is 23.4 Å². The molecule has 0 bridgehead atoms. The van der Waals surface area contributed by atoms with Gasteiger partial charge in [-0.2, -0.15) is 0 Å². The molecule has 0 saturated heterocycles. The molecule has 2 N–H and O–H groups in total. The summed E-state index contributed by atoms with van der Waals surface area (Å²) in [5.74, 6) is -2.54. The molecule has 0 fully saturated rings. The molecule has 0 aliphatic carbocycles. The van der Waals surface area contributed by atoms with E-state index in [0.717, 1.165) is 16.8 Å². The van der Waals surface area contributed by atoms with Gasteiger partial charge in [-0.05, 0) is 24.1 Å². The second-order valence-electron chi connectivity index (χ2n) is 7.05. The lowest BCUT2D eigenvalue weighted by atomic mass is 9.94. The molecule has 0 spiro atoms. The number of anilines is 1. The molecule has 2 aromatic rings. The molecule has 7 heteroatoms. The molecule has 1 heterocycles. The predicted molar refractivity (Wildman–Crippen MR) is 110 cm³/mol. The SMILES string of the molecule is COCCN(C(=O)C(C)C(N)=O)C1C(=O)N(C)c2ccccc2-c2ccccc21. The van der Waals surface area contributed by atoms with Crippen LogP contribution in [0.3, 0.4) is 0 Å². The van der Waals surface area contributed by atoms with Crippen molar-refractivity contribution in [3.8, 4) is 11.1 Å². The van der Waals surface area contributed by atoms with Crippen molar-refractivity contribution in [2.24, 2.45) is 11.7 Å². The summed E-state index contributed by atoms with van der Waals surface area (Å²) in [6.45, 7) is 1.83. The van der Waals surface area contributed by atoms with Crippen molar-refractivity contribution < 1.29 is 19.1 Å². The fraction of sp³-hybridized carbons (Fsp3) is 0.318. The number of hydrogen-bond acceptors (Lipinski definition) is 4. The van der Waals surface area contributed by atoms with E-state index >= 15 is 0 Å². The fourth-order valence-electron chi connectivity index (χ4n) is 3.64. The van der Waals surface area contributed by atoms with Gasteiger partial charge in [0.25, 0.3) is 5.91 Å². The van der Waals surface area contributed by atoms with E-state index in [4.69, 9.17) is 10.5 Å². The number of nitrogens with two attached hydrogens (primary N) is 1. The van der Waals surface area contributed by atoms with Gasteiger partial charge in [-0.3, -0.25) is 14.4 Å². The van der Waals surface area contributed by atoms with Gasteiger partial charge in [0, 0.05) is 26.3 Å². The lowest BCUT2D eigenvalue weighted by Gasteiger charge is -2.34. The number of amides is 3. The average Bonchev–Trinajstić information content (AvgIpc) is 2.82. The number of fused-ring (bicyclic) bond motifs is 3. The fourth-order valence-corrected chi connectivity index (χ4v) is 3.64. The van der Waals surface area contributed by atoms with Crippen molar-refractivity contribution in [2.45, 2.75) is 13.0 Å². The summed E-state index contributed by atoms with van der Waals surface area (Å²) in [6, 6.07) is 14.2. The summed E-state index contributed by atoms with van der Waals surface area (Å²) in [4.78, 5) is 41.3. The molecule has 2 aromatic carbocycles. The summed E-state index contributed by atoms with van der Waals surface area (Å²) in [5.41, 5.74) is 8.61. The van der Waals surface area contributed by atoms with Crippen molar-refractivity contribution in [3.05, 3.63) is 54.1 Å². The second kappa shape index (κ2) is 8.45. The van der Waals surface area contributed by atoms with E-state index in [-0.39, 0.29) is 19.1 Å². The summed E-state index contributed by atoms with van der Waals surface area (Å²) in [7, 11) is 3.21. The molecule has 1 aliphatic heterocycles. The monoisotopic (exact) mass is 395 g/mol. The average molecular weight is 395 g/mol. The van der Waals surface area contributed by atoms with Crippen LogP contribution in [0.2, 0.25) is 0 Å². The van der Waals surface area contributed by atoms with E-state index in [0.29, 0.717) is 5.56 Å². The molecule has 0 radical (unpaired) electrons. The van der Waals surface area contributed by atoms with Crippen molar-refractivity contribution in [2.75, 3.05) is 32.2 Å². The first-order valence-corrected chi connectivity index (χ1v) is 9.43. The lowest BCUT2D eigenvalue weighted by Crippen LogP contribution is -2.49. The van der Waals surface area contributed by atoms with Crippen LogP contribution < -0.4 is 10.6 Å². The zero-order valence-electron chi connectivity index (χ0n) is 16.8. The maximum atomic E-state index is 13.5. The van der Waals surface area contributed by atoms with Gasteiger partial charge < -0.3 is 20.3 Å². The Morgan fingerprint density at radius 1 is 1.14 bits per heavy atom. The van der Waals surface area contributed by atoms with E-state index in [2.05, 4.69) is 0 Å². The number of carbonyl (C=O) groups excluding carboxylic acids is 3. The van der Waals surface area contributed by atoms with Crippen LogP contribution in [0, 0.1) is 5.92 Å². The topological polar surface area (TPSA) is 92.9 Å². The molecule has 0 saturated carbocycles. The number of methoxy groups -OCH3 is 1. The number of nitrogens with zero attached hydrogens (tertiary/aromatic N) is 2. The van der Waals surface area contributed by atoms with Crippen molar-refractivity contribution in [1.29, 1.82) is 0 Å². The van der Waals surface area contributed by atoms with Gasteiger partial charge in [0.2, 0.25) is 11.8 Å². The molecule has 3 rings (SSSR count). The third kappa shape index (κ3) is 3.73. The maximum absolute atomic E-state index is 13.5. The Morgan fingerprint density at radius 2 is 1.76 bits per heavy atom. The summed E-state index contributed by atoms with van der Waals surface area (Å²) < 4.78 is 5.16. The number of carbonyl (C=O) groups is 3. The summed E-state index contributed by atoms with van der Waals surface area (Å²) in [6.07, 6.45) is 0. The van der Waals surface area contributed by atoms with Crippen LogP contribution in [0.15, 0.2) is 48.5 Å². The Labute approximate surface area is 170 Å². The van der Waals surface area contributed by atoms with Crippen molar-refractivity contribution in [3.63, 3.8) is 0 Å². The third-order valence-corrected chi connectivity index (χ3v) is 5.30. The molecule has 3 amide bonds. The van der Waals surface area contributed by atoms with Crippen molar-refractivity contribution in [1.82, 2.24) is 4.90 Å². The van der Waals surface area contributed by atoms with E-state index < -0.39 is 23.8 Å². The molecule has 1 aliphatic rings. The number of ether oxygens (including phenoxy) is 1. The molecule has 0 aromatic heterocycles. The molecule has 2 atom stereocenters. The number of rotatable bonds is 6. The zero-order valence-corrected chi connectivity index (χ0v) is 16.8. The van der Waals surface area contributed by atoms with Gasteiger partial charge in [-0.1, -0.05) is 42.5 Å². The number of likely N-dealkylation sites (N-methyl/N-ethyl adjacent to an activating group) is 1. The van der Waals surface area contributed by atoms with Gasteiger partial charge in [-0.15, -0.1) is 0 Å².